The molecule has 1 saturated carbocycles. The van der Waals surface area contributed by atoms with E-state index in [0.717, 1.165) is 31.2 Å². The average molecular weight is 264 g/mol. The summed E-state index contributed by atoms with van der Waals surface area (Å²) in [5.41, 5.74) is 0.589. The smallest absolute Gasteiger partial charge is 0.164 e. The SMILES string of the molecule is COC1(C(=O)CCc2cnn(C)c2)CCCC(C)C1. The van der Waals surface area contributed by atoms with Crippen LogP contribution in [-0.4, -0.2) is 28.3 Å². The van der Waals surface area contributed by atoms with Crippen LogP contribution in [0.4, 0.5) is 0 Å². The standard InChI is InChI=1S/C15H24N2O2/c1-12-5-4-8-15(9-12,19-3)14(18)7-6-13-10-16-17(2)11-13/h10-12H,4-9H2,1-3H3. The maximum Gasteiger partial charge on any atom is 0.164 e. The minimum Gasteiger partial charge on any atom is -0.370 e. The predicted molar refractivity (Wildman–Crippen MR) is 73.9 cm³/mol. The maximum absolute atomic E-state index is 12.5. The second kappa shape index (κ2) is 5.87. The van der Waals surface area contributed by atoms with E-state index in [2.05, 4.69) is 12.0 Å². The summed E-state index contributed by atoms with van der Waals surface area (Å²) in [6, 6.07) is 0. The minimum absolute atomic E-state index is 0.255. The van der Waals surface area contributed by atoms with Gasteiger partial charge in [0.1, 0.15) is 5.60 Å². The van der Waals surface area contributed by atoms with Crippen LogP contribution < -0.4 is 0 Å². The van der Waals surface area contributed by atoms with E-state index in [-0.39, 0.29) is 5.78 Å². The summed E-state index contributed by atoms with van der Waals surface area (Å²) < 4.78 is 7.41. The summed E-state index contributed by atoms with van der Waals surface area (Å²) in [5.74, 6) is 0.835. The maximum atomic E-state index is 12.5. The molecule has 106 valence electrons. The van der Waals surface area contributed by atoms with Crippen LogP contribution in [0.15, 0.2) is 12.4 Å². The number of hydrogen-bond donors (Lipinski definition) is 0. The molecule has 1 aliphatic rings. The van der Waals surface area contributed by atoms with E-state index in [1.54, 1.807) is 11.8 Å². The molecular formula is C15H24N2O2. The first kappa shape index (κ1) is 14.3. The third kappa shape index (κ3) is 3.24. The number of hydrogen-bond acceptors (Lipinski definition) is 3. The van der Waals surface area contributed by atoms with Crippen LogP contribution in [0.2, 0.25) is 0 Å². The number of aromatic nitrogens is 2. The van der Waals surface area contributed by atoms with E-state index >= 15 is 0 Å². The zero-order valence-corrected chi connectivity index (χ0v) is 12.2. The molecule has 1 aromatic heterocycles. The lowest BCUT2D eigenvalue weighted by atomic mass is 9.75. The highest BCUT2D eigenvalue weighted by molar-refractivity contribution is 5.87. The number of methoxy groups -OCH3 is 1. The Labute approximate surface area is 115 Å². The Morgan fingerprint density at radius 3 is 3.00 bits per heavy atom. The number of rotatable bonds is 5. The van der Waals surface area contributed by atoms with Gasteiger partial charge >= 0.3 is 0 Å². The van der Waals surface area contributed by atoms with Gasteiger partial charge < -0.3 is 4.74 Å². The fourth-order valence-electron chi connectivity index (χ4n) is 3.14. The summed E-state index contributed by atoms with van der Waals surface area (Å²) in [4.78, 5) is 12.5. The van der Waals surface area contributed by atoms with Gasteiger partial charge in [0.05, 0.1) is 6.20 Å². The van der Waals surface area contributed by atoms with Crippen LogP contribution in [-0.2, 0) is 23.0 Å². The molecule has 0 bridgehead atoms. The number of nitrogens with zero attached hydrogens (tertiary/aromatic N) is 2. The van der Waals surface area contributed by atoms with Gasteiger partial charge in [0, 0.05) is 26.8 Å². The highest BCUT2D eigenvalue weighted by Crippen LogP contribution is 2.36. The Kier molecular flexibility index (Phi) is 4.40. The van der Waals surface area contributed by atoms with Crippen molar-refractivity contribution in [3.8, 4) is 0 Å². The molecule has 1 aromatic rings. The first-order valence-electron chi connectivity index (χ1n) is 7.12. The molecule has 0 aliphatic heterocycles. The second-order valence-electron chi connectivity index (χ2n) is 5.85. The Morgan fingerprint density at radius 1 is 1.63 bits per heavy atom. The largest absolute Gasteiger partial charge is 0.370 e. The molecule has 2 rings (SSSR count). The Bertz CT molecular complexity index is 441. The number of Topliss-reactive ketones (excluding diaryl/α,β-unsaturated/α-hetero) is 1. The summed E-state index contributed by atoms with van der Waals surface area (Å²) >= 11 is 0. The van der Waals surface area contributed by atoms with Crippen molar-refractivity contribution < 1.29 is 9.53 Å². The molecule has 19 heavy (non-hydrogen) atoms. The van der Waals surface area contributed by atoms with E-state index in [1.807, 2.05) is 19.4 Å². The fraction of sp³-hybridized carbons (Fsp3) is 0.733. The molecule has 0 aromatic carbocycles. The number of aryl methyl sites for hydroxylation is 2. The first-order valence-corrected chi connectivity index (χ1v) is 7.12. The van der Waals surface area contributed by atoms with Crippen LogP contribution in [0.25, 0.3) is 0 Å². The third-order valence-corrected chi connectivity index (χ3v) is 4.25. The zero-order valence-electron chi connectivity index (χ0n) is 12.2. The van der Waals surface area contributed by atoms with Crippen molar-refractivity contribution in [2.45, 2.75) is 51.0 Å². The van der Waals surface area contributed by atoms with Crippen LogP contribution >= 0.6 is 0 Å². The summed E-state index contributed by atoms with van der Waals surface area (Å²) in [6.45, 7) is 2.21. The van der Waals surface area contributed by atoms with E-state index in [9.17, 15) is 4.79 Å². The molecule has 4 heteroatoms. The van der Waals surface area contributed by atoms with Gasteiger partial charge in [-0.15, -0.1) is 0 Å². The number of carbonyl (C=O) groups excluding carboxylic acids is 1. The zero-order chi connectivity index (χ0) is 13.9. The highest BCUT2D eigenvalue weighted by Gasteiger charge is 2.40. The molecule has 1 fully saturated rings. The Hall–Kier alpha value is -1.16. The second-order valence-corrected chi connectivity index (χ2v) is 5.85. The fourth-order valence-corrected chi connectivity index (χ4v) is 3.14. The summed E-state index contributed by atoms with van der Waals surface area (Å²) in [6.07, 6.45) is 9.15. The van der Waals surface area contributed by atoms with Crippen molar-refractivity contribution >= 4 is 5.78 Å². The Morgan fingerprint density at radius 2 is 2.42 bits per heavy atom. The van der Waals surface area contributed by atoms with Gasteiger partial charge in [-0.05, 0) is 37.2 Å². The monoisotopic (exact) mass is 264 g/mol. The molecule has 4 nitrogen and oxygen atoms in total. The van der Waals surface area contributed by atoms with Gasteiger partial charge in [-0.2, -0.15) is 5.10 Å². The van der Waals surface area contributed by atoms with E-state index < -0.39 is 5.60 Å². The van der Waals surface area contributed by atoms with E-state index in [0.29, 0.717) is 12.3 Å². The van der Waals surface area contributed by atoms with Crippen LogP contribution in [0.1, 0.15) is 44.6 Å². The average Bonchev–Trinajstić information content (AvgIpc) is 2.81. The van der Waals surface area contributed by atoms with Gasteiger partial charge in [-0.3, -0.25) is 9.48 Å². The molecule has 0 radical (unpaired) electrons. The van der Waals surface area contributed by atoms with Crippen LogP contribution in [0.5, 0.6) is 0 Å². The molecule has 0 amide bonds. The lowest BCUT2D eigenvalue weighted by Crippen LogP contribution is -2.44. The minimum atomic E-state index is -0.528. The van der Waals surface area contributed by atoms with Crippen molar-refractivity contribution in [2.24, 2.45) is 13.0 Å². The number of ether oxygens (including phenoxy) is 1. The van der Waals surface area contributed by atoms with Gasteiger partial charge in [-0.25, -0.2) is 0 Å². The first-order chi connectivity index (χ1) is 9.05. The highest BCUT2D eigenvalue weighted by atomic mass is 16.5. The number of carbonyl (C=O) groups is 1. The summed E-state index contributed by atoms with van der Waals surface area (Å²) in [5, 5.41) is 4.13. The van der Waals surface area contributed by atoms with Crippen molar-refractivity contribution in [1.29, 1.82) is 0 Å². The van der Waals surface area contributed by atoms with Crippen molar-refractivity contribution in [3.05, 3.63) is 18.0 Å². The lowest BCUT2D eigenvalue weighted by Gasteiger charge is -2.37. The molecule has 1 aliphatic carbocycles. The topological polar surface area (TPSA) is 44.1 Å². The van der Waals surface area contributed by atoms with Gasteiger partial charge in [-0.1, -0.05) is 13.3 Å². The van der Waals surface area contributed by atoms with E-state index in [4.69, 9.17) is 4.74 Å². The normalized spacial score (nSPS) is 27.4. The lowest BCUT2D eigenvalue weighted by molar-refractivity contribution is -0.147. The molecule has 2 atom stereocenters. The molecular weight excluding hydrogens is 240 g/mol. The molecule has 0 saturated heterocycles. The van der Waals surface area contributed by atoms with Crippen molar-refractivity contribution in [2.75, 3.05) is 7.11 Å². The third-order valence-electron chi connectivity index (χ3n) is 4.25. The van der Waals surface area contributed by atoms with E-state index in [1.165, 1.54) is 6.42 Å². The predicted octanol–water partition coefficient (Wildman–Crippen LogP) is 2.52. The summed E-state index contributed by atoms with van der Waals surface area (Å²) in [7, 11) is 3.57. The van der Waals surface area contributed by atoms with Gasteiger partial charge in [0.25, 0.3) is 0 Å². The molecule has 1 heterocycles. The number of ketones is 1. The molecule has 2 unspecified atom stereocenters. The van der Waals surface area contributed by atoms with Gasteiger partial charge in [0.2, 0.25) is 0 Å². The quantitative estimate of drug-likeness (QED) is 0.821. The Balaban J connectivity index is 1.96. The molecule has 0 N–H and O–H groups in total. The van der Waals surface area contributed by atoms with Gasteiger partial charge in [0.15, 0.2) is 5.78 Å². The van der Waals surface area contributed by atoms with Crippen LogP contribution in [0.3, 0.4) is 0 Å². The van der Waals surface area contributed by atoms with Crippen molar-refractivity contribution in [1.82, 2.24) is 9.78 Å². The van der Waals surface area contributed by atoms with Crippen LogP contribution in [0, 0.1) is 5.92 Å². The van der Waals surface area contributed by atoms with Crippen molar-refractivity contribution in [3.63, 3.8) is 0 Å². The molecule has 0 spiro atoms.